The average molecular weight is 790 g/mol. The van der Waals surface area contributed by atoms with Crippen LogP contribution in [0.4, 0.5) is 0 Å². The number of hydrogen-bond donors (Lipinski definition) is 0. The van der Waals surface area contributed by atoms with Gasteiger partial charge in [-0.2, -0.15) is 0 Å². The summed E-state index contributed by atoms with van der Waals surface area (Å²) in [5.74, 6) is 0. The van der Waals surface area contributed by atoms with Gasteiger partial charge in [-0.25, -0.2) is 4.98 Å². The molecule has 0 bridgehead atoms. The minimum atomic E-state index is 0.958. The Balaban J connectivity index is 1.02. The van der Waals surface area contributed by atoms with Crippen molar-refractivity contribution in [3.63, 3.8) is 0 Å². The number of nitrogens with zero attached hydrogens (tertiary/aromatic N) is 3. The van der Waals surface area contributed by atoms with Crippen LogP contribution in [0, 0.1) is 0 Å². The molecular weight excluding hydrogens is 751 g/mol. The summed E-state index contributed by atoms with van der Waals surface area (Å²) < 4.78 is 4.89. The maximum Gasteiger partial charge on any atom is 0.0715 e. The zero-order chi connectivity index (χ0) is 41.0. The van der Waals surface area contributed by atoms with E-state index >= 15 is 0 Å². The zero-order valence-corrected chi connectivity index (χ0v) is 33.9. The second kappa shape index (κ2) is 14.8. The predicted octanol–water partition coefficient (Wildman–Crippen LogP) is 15.6. The first-order chi connectivity index (χ1) is 30.8. The molecule has 0 aliphatic heterocycles. The fourth-order valence-electron chi connectivity index (χ4n) is 9.48. The summed E-state index contributed by atoms with van der Waals surface area (Å²) in [5.41, 5.74) is 18.2. The van der Waals surface area contributed by atoms with Gasteiger partial charge in [-0.15, -0.1) is 0 Å². The van der Waals surface area contributed by atoms with Crippen LogP contribution in [-0.2, 0) is 0 Å². The lowest BCUT2D eigenvalue weighted by Crippen LogP contribution is -1.99. The molecule has 12 aromatic rings. The van der Waals surface area contributed by atoms with Crippen LogP contribution in [0.15, 0.2) is 237 Å². The van der Waals surface area contributed by atoms with Gasteiger partial charge in [0.2, 0.25) is 0 Å². The van der Waals surface area contributed by atoms with Gasteiger partial charge in [-0.3, -0.25) is 0 Å². The third kappa shape index (κ3) is 5.94. The predicted molar refractivity (Wildman–Crippen MR) is 260 cm³/mol. The van der Waals surface area contributed by atoms with Crippen LogP contribution in [0.2, 0.25) is 0 Å². The van der Waals surface area contributed by atoms with Crippen LogP contribution in [0.1, 0.15) is 0 Å². The monoisotopic (exact) mass is 789 g/mol. The molecule has 3 aromatic heterocycles. The maximum absolute atomic E-state index is 5.14. The zero-order valence-electron chi connectivity index (χ0n) is 33.9. The van der Waals surface area contributed by atoms with Crippen molar-refractivity contribution < 1.29 is 0 Å². The third-order valence-electron chi connectivity index (χ3n) is 12.3. The van der Waals surface area contributed by atoms with Gasteiger partial charge in [-0.1, -0.05) is 176 Å². The summed E-state index contributed by atoms with van der Waals surface area (Å²) in [7, 11) is 0. The van der Waals surface area contributed by atoms with E-state index in [1.165, 1.54) is 65.9 Å². The van der Waals surface area contributed by atoms with E-state index in [2.05, 4.69) is 246 Å². The number of rotatable bonds is 7. The summed E-state index contributed by atoms with van der Waals surface area (Å²) in [6.45, 7) is 0. The minimum Gasteiger partial charge on any atom is -0.309 e. The van der Waals surface area contributed by atoms with Crippen molar-refractivity contribution in [1.82, 2.24) is 14.1 Å². The lowest BCUT2D eigenvalue weighted by atomic mass is 9.96. The lowest BCUT2D eigenvalue weighted by molar-refractivity contribution is 1.17. The van der Waals surface area contributed by atoms with Crippen molar-refractivity contribution in [2.75, 3.05) is 0 Å². The van der Waals surface area contributed by atoms with Gasteiger partial charge in [0, 0.05) is 49.5 Å². The summed E-state index contributed by atoms with van der Waals surface area (Å²) in [4.78, 5) is 5.14. The van der Waals surface area contributed by atoms with E-state index in [4.69, 9.17) is 4.98 Å². The molecule has 3 heterocycles. The first-order valence-corrected chi connectivity index (χ1v) is 21.2. The van der Waals surface area contributed by atoms with Crippen molar-refractivity contribution in [1.29, 1.82) is 0 Å². The number of hydrogen-bond acceptors (Lipinski definition) is 1. The SMILES string of the molecule is c1ccc(-c2cc(-c3cccc(-c4ccc5c(c4)c4ccccc4n5-c4ccccc4-c4cccc5c6ccccc6n(-c6ccccc6)c45)c3)cc(-c3ccccc3)n2)cc1. The normalized spacial score (nSPS) is 11.5. The molecule has 0 atom stereocenters. The molecule has 0 radical (unpaired) electrons. The molecular formula is C59H39N3. The van der Waals surface area contributed by atoms with Gasteiger partial charge in [-0.05, 0) is 82.9 Å². The van der Waals surface area contributed by atoms with E-state index in [1.807, 2.05) is 0 Å². The molecule has 0 N–H and O–H groups in total. The van der Waals surface area contributed by atoms with E-state index in [0.29, 0.717) is 0 Å². The molecule has 62 heavy (non-hydrogen) atoms. The topological polar surface area (TPSA) is 22.8 Å². The van der Waals surface area contributed by atoms with Crippen LogP contribution in [0.25, 0.3) is 111 Å². The van der Waals surface area contributed by atoms with Crippen molar-refractivity contribution >= 4 is 43.6 Å². The number of fused-ring (bicyclic) bond motifs is 6. The van der Waals surface area contributed by atoms with Crippen molar-refractivity contribution in [2.24, 2.45) is 0 Å². The first-order valence-electron chi connectivity index (χ1n) is 21.2. The molecule has 3 heteroatoms. The number of para-hydroxylation sites is 5. The third-order valence-corrected chi connectivity index (χ3v) is 12.3. The highest BCUT2D eigenvalue weighted by atomic mass is 15.0. The standard InChI is InChI=1S/C59H39N3/c1-4-18-40(19-5-1)53-38-45(39-54(60-53)41-20-6-2-7-21-41)43-23-16-22-42(36-43)44-34-35-58-52(37-44)49-28-12-15-33-57(49)62(58)56-32-14-11-27-48(56)51-30-17-29-50-47-26-10-13-31-55(47)61(59(50)51)46-24-8-3-9-25-46/h1-39H. The molecule has 0 saturated carbocycles. The molecule has 290 valence electrons. The van der Waals surface area contributed by atoms with Gasteiger partial charge < -0.3 is 9.13 Å². The minimum absolute atomic E-state index is 0.958. The molecule has 0 aliphatic rings. The smallest absolute Gasteiger partial charge is 0.0715 e. The van der Waals surface area contributed by atoms with E-state index in [-0.39, 0.29) is 0 Å². The van der Waals surface area contributed by atoms with Gasteiger partial charge in [0.25, 0.3) is 0 Å². The fourth-order valence-corrected chi connectivity index (χ4v) is 9.48. The van der Waals surface area contributed by atoms with Crippen molar-refractivity contribution in [3.8, 4) is 67.3 Å². The highest BCUT2D eigenvalue weighted by Crippen LogP contribution is 2.43. The molecule has 0 amide bonds. The number of benzene rings is 9. The Labute approximate surface area is 360 Å². The van der Waals surface area contributed by atoms with Crippen LogP contribution in [-0.4, -0.2) is 14.1 Å². The Hall–Kier alpha value is -8.27. The summed E-state index contributed by atoms with van der Waals surface area (Å²) >= 11 is 0. The molecule has 0 saturated heterocycles. The Kier molecular flexibility index (Phi) is 8.50. The summed E-state index contributed by atoms with van der Waals surface area (Å²) in [6, 6.07) is 85.2. The Morgan fingerprint density at radius 2 is 0.758 bits per heavy atom. The van der Waals surface area contributed by atoms with Crippen LogP contribution in [0.3, 0.4) is 0 Å². The van der Waals surface area contributed by atoms with Crippen molar-refractivity contribution in [2.45, 2.75) is 0 Å². The molecule has 12 rings (SSSR count). The van der Waals surface area contributed by atoms with Crippen LogP contribution in [0.5, 0.6) is 0 Å². The Morgan fingerprint density at radius 3 is 1.47 bits per heavy atom. The van der Waals surface area contributed by atoms with Crippen molar-refractivity contribution in [3.05, 3.63) is 237 Å². The number of pyridine rings is 1. The molecule has 0 unspecified atom stereocenters. The van der Waals surface area contributed by atoms with Crippen LogP contribution < -0.4 is 0 Å². The average Bonchev–Trinajstić information content (AvgIpc) is 3.87. The quantitative estimate of drug-likeness (QED) is 0.158. The summed E-state index contributed by atoms with van der Waals surface area (Å²) in [6.07, 6.45) is 0. The van der Waals surface area contributed by atoms with Gasteiger partial charge >= 0.3 is 0 Å². The van der Waals surface area contributed by atoms with E-state index in [0.717, 1.165) is 45.0 Å². The highest BCUT2D eigenvalue weighted by Gasteiger charge is 2.21. The Bertz CT molecular complexity index is 3560. The van der Waals surface area contributed by atoms with E-state index < -0.39 is 0 Å². The molecule has 0 spiro atoms. The molecule has 0 aliphatic carbocycles. The lowest BCUT2D eigenvalue weighted by Gasteiger charge is -2.17. The molecule has 3 nitrogen and oxygen atoms in total. The fraction of sp³-hybridized carbons (Fsp3) is 0. The van der Waals surface area contributed by atoms with Gasteiger partial charge in [0.15, 0.2) is 0 Å². The number of aromatic nitrogens is 3. The first kappa shape index (κ1) is 35.7. The van der Waals surface area contributed by atoms with Gasteiger partial charge in [0.1, 0.15) is 0 Å². The maximum atomic E-state index is 5.14. The van der Waals surface area contributed by atoms with Crippen LogP contribution >= 0.6 is 0 Å². The second-order valence-corrected chi connectivity index (χ2v) is 15.9. The summed E-state index contributed by atoms with van der Waals surface area (Å²) in [5, 5.41) is 4.93. The van der Waals surface area contributed by atoms with E-state index in [1.54, 1.807) is 0 Å². The molecule has 0 fully saturated rings. The highest BCUT2D eigenvalue weighted by molar-refractivity contribution is 6.15. The van der Waals surface area contributed by atoms with Gasteiger partial charge in [0.05, 0.1) is 39.1 Å². The Morgan fingerprint density at radius 1 is 0.274 bits per heavy atom. The molecule has 9 aromatic carbocycles. The largest absolute Gasteiger partial charge is 0.309 e. The van der Waals surface area contributed by atoms with E-state index in [9.17, 15) is 0 Å². The second-order valence-electron chi connectivity index (χ2n) is 15.9.